The molecular formula is C10H14N4O3S. The number of nitrogens with two attached hydrogens (primary N) is 1. The molecule has 0 aliphatic carbocycles. The molecule has 0 atom stereocenters. The fourth-order valence-electron chi connectivity index (χ4n) is 1.50. The molecule has 0 unspecified atom stereocenters. The number of aromatic nitrogens is 3. The van der Waals surface area contributed by atoms with Crippen molar-refractivity contribution in [2.24, 2.45) is 5.14 Å². The summed E-state index contributed by atoms with van der Waals surface area (Å²) in [5.74, 6) is 0.370. The van der Waals surface area contributed by atoms with Crippen LogP contribution in [0.25, 0.3) is 5.65 Å². The third-order valence-electron chi connectivity index (χ3n) is 2.34. The SMILES string of the molecule is Cc1cc2nccn2nc1OCCCS(N)(=O)=O. The molecule has 7 nitrogen and oxygen atoms in total. The normalized spacial score (nSPS) is 11.9. The van der Waals surface area contributed by atoms with E-state index < -0.39 is 10.0 Å². The van der Waals surface area contributed by atoms with Crippen molar-refractivity contribution in [3.8, 4) is 5.88 Å². The van der Waals surface area contributed by atoms with Crippen molar-refractivity contribution in [3.05, 3.63) is 24.0 Å². The van der Waals surface area contributed by atoms with E-state index in [9.17, 15) is 8.42 Å². The Labute approximate surface area is 105 Å². The van der Waals surface area contributed by atoms with Crippen LogP contribution in [0, 0.1) is 6.92 Å². The zero-order valence-electron chi connectivity index (χ0n) is 9.91. The lowest BCUT2D eigenvalue weighted by Crippen LogP contribution is -2.18. The van der Waals surface area contributed by atoms with Gasteiger partial charge in [-0.3, -0.25) is 0 Å². The smallest absolute Gasteiger partial charge is 0.234 e. The minimum Gasteiger partial charge on any atom is -0.476 e. The van der Waals surface area contributed by atoms with Gasteiger partial charge in [0.1, 0.15) is 0 Å². The largest absolute Gasteiger partial charge is 0.476 e. The first-order chi connectivity index (χ1) is 8.46. The fraction of sp³-hybridized carbons (Fsp3) is 0.400. The Morgan fingerprint density at radius 1 is 1.50 bits per heavy atom. The van der Waals surface area contributed by atoms with Gasteiger partial charge in [0.25, 0.3) is 0 Å². The van der Waals surface area contributed by atoms with Gasteiger partial charge >= 0.3 is 0 Å². The highest BCUT2D eigenvalue weighted by molar-refractivity contribution is 7.89. The predicted octanol–water partition coefficient (Wildman–Crippen LogP) is 0.0951. The van der Waals surface area contributed by atoms with E-state index in [-0.39, 0.29) is 12.4 Å². The summed E-state index contributed by atoms with van der Waals surface area (Å²) in [6.07, 6.45) is 3.69. The molecule has 2 heterocycles. The molecule has 18 heavy (non-hydrogen) atoms. The summed E-state index contributed by atoms with van der Waals surface area (Å²) in [5, 5.41) is 9.11. The van der Waals surface area contributed by atoms with E-state index >= 15 is 0 Å². The van der Waals surface area contributed by atoms with E-state index in [0.29, 0.717) is 12.3 Å². The summed E-state index contributed by atoms with van der Waals surface area (Å²) in [7, 11) is -3.43. The highest BCUT2D eigenvalue weighted by atomic mass is 32.2. The molecule has 0 saturated carbocycles. The standard InChI is InChI=1S/C10H14N4O3S/c1-8-7-9-12-3-4-14(9)13-10(8)17-5-2-6-18(11,15)16/h3-4,7H,2,5-6H2,1H3,(H2,11,15,16). The Morgan fingerprint density at radius 2 is 2.28 bits per heavy atom. The van der Waals surface area contributed by atoms with Crippen molar-refractivity contribution in [1.29, 1.82) is 0 Å². The van der Waals surface area contributed by atoms with E-state index in [1.54, 1.807) is 16.9 Å². The highest BCUT2D eigenvalue weighted by Gasteiger charge is 2.06. The lowest BCUT2D eigenvalue weighted by Gasteiger charge is -2.07. The second-order valence-corrected chi connectivity index (χ2v) is 5.67. The third kappa shape index (κ3) is 3.17. The number of hydrogen-bond acceptors (Lipinski definition) is 5. The summed E-state index contributed by atoms with van der Waals surface area (Å²) < 4.78 is 28.5. The van der Waals surface area contributed by atoms with E-state index in [1.807, 2.05) is 13.0 Å². The number of fused-ring (bicyclic) bond motifs is 1. The minimum absolute atomic E-state index is 0.0978. The van der Waals surface area contributed by atoms with Gasteiger partial charge in [-0.05, 0) is 19.4 Å². The van der Waals surface area contributed by atoms with Gasteiger partial charge in [0.05, 0.1) is 12.4 Å². The molecule has 0 aromatic carbocycles. The van der Waals surface area contributed by atoms with E-state index in [2.05, 4.69) is 10.1 Å². The van der Waals surface area contributed by atoms with E-state index in [4.69, 9.17) is 9.88 Å². The average Bonchev–Trinajstić information content (AvgIpc) is 2.70. The zero-order chi connectivity index (χ0) is 13.2. The molecule has 0 radical (unpaired) electrons. The Hall–Kier alpha value is -1.67. The van der Waals surface area contributed by atoms with Crippen LogP contribution in [0.5, 0.6) is 5.88 Å². The van der Waals surface area contributed by atoms with Crippen LogP contribution in [-0.4, -0.2) is 35.4 Å². The molecule has 98 valence electrons. The van der Waals surface area contributed by atoms with Crippen LogP contribution in [0.4, 0.5) is 0 Å². The molecule has 2 N–H and O–H groups in total. The molecule has 0 aliphatic rings. The van der Waals surface area contributed by atoms with Crippen LogP contribution in [-0.2, 0) is 10.0 Å². The predicted molar refractivity (Wildman–Crippen MR) is 65.8 cm³/mol. The first-order valence-electron chi connectivity index (χ1n) is 5.40. The van der Waals surface area contributed by atoms with Crippen LogP contribution in [0.2, 0.25) is 0 Å². The molecule has 0 spiro atoms. The minimum atomic E-state index is -3.43. The van der Waals surface area contributed by atoms with Crippen molar-refractivity contribution >= 4 is 15.7 Å². The topological polar surface area (TPSA) is 99.6 Å². The average molecular weight is 270 g/mol. The number of ether oxygens (including phenoxy) is 1. The van der Waals surface area contributed by atoms with Crippen molar-refractivity contribution in [1.82, 2.24) is 14.6 Å². The second kappa shape index (κ2) is 4.91. The van der Waals surface area contributed by atoms with E-state index in [0.717, 1.165) is 11.2 Å². The zero-order valence-corrected chi connectivity index (χ0v) is 10.7. The van der Waals surface area contributed by atoms with Gasteiger partial charge in [-0.2, -0.15) is 0 Å². The summed E-state index contributed by atoms with van der Waals surface area (Å²) in [5.41, 5.74) is 1.59. The maximum absolute atomic E-state index is 10.7. The maximum Gasteiger partial charge on any atom is 0.234 e. The van der Waals surface area contributed by atoms with Crippen LogP contribution in [0.1, 0.15) is 12.0 Å². The highest BCUT2D eigenvalue weighted by Crippen LogP contribution is 2.15. The van der Waals surface area contributed by atoms with Gasteiger partial charge in [0.15, 0.2) is 5.65 Å². The molecule has 8 heteroatoms. The summed E-state index contributed by atoms with van der Waals surface area (Å²) in [6, 6.07) is 1.85. The Bertz CT molecular complexity index is 650. The van der Waals surface area contributed by atoms with Crippen LogP contribution in [0.3, 0.4) is 0 Å². The third-order valence-corrected chi connectivity index (χ3v) is 3.20. The van der Waals surface area contributed by atoms with Gasteiger partial charge in [0, 0.05) is 18.0 Å². The van der Waals surface area contributed by atoms with Gasteiger partial charge in [-0.15, -0.1) is 5.10 Å². The van der Waals surface area contributed by atoms with Gasteiger partial charge in [-0.25, -0.2) is 23.1 Å². The fourth-order valence-corrected chi connectivity index (χ4v) is 2.02. The van der Waals surface area contributed by atoms with Gasteiger partial charge < -0.3 is 4.74 Å². The number of nitrogens with zero attached hydrogens (tertiary/aromatic N) is 3. The number of rotatable bonds is 5. The van der Waals surface area contributed by atoms with Crippen molar-refractivity contribution in [2.75, 3.05) is 12.4 Å². The molecule has 0 aliphatic heterocycles. The summed E-state index contributed by atoms with van der Waals surface area (Å²) in [4.78, 5) is 4.10. The van der Waals surface area contributed by atoms with Crippen LogP contribution >= 0.6 is 0 Å². The molecule has 2 aromatic rings. The molecule has 2 aromatic heterocycles. The van der Waals surface area contributed by atoms with Gasteiger partial charge in [-0.1, -0.05) is 0 Å². The molecule has 0 amide bonds. The Kier molecular flexibility index (Phi) is 3.48. The molecule has 2 rings (SSSR count). The van der Waals surface area contributed by atoms with Crippen LogP contribution < -0.4 is 9.88 Å². The molecule has 0 fully saturated rings. The number of aryl methyl sites for hydroxylation is 1. The number of primary sulfonamides is 1. The quantitative estimate of drug-likeness (QED) is 0.776. The number of hydrogen-bond donors (Lipinski definition) is 1. The molecule has 0 bridgehead atoms. The number of sulfonamides is 1. The maximum atomic E-state index is 10.7. The lowest BCUT2D eigenvalue weighted by molar-refractivity contribution is 0.298. The monoisotopic (exact) mass is 270 g/mol. The van der Waals surface area contributed by atoms with Crippen molar-refractivity contribution in [3.63, 3.8) is 0 Å². The number of imidazole rings is 1. The lowest BCUT2D eigenvalue weighted by atomic mass is 10.3. The molecular weight excluding hydrogens is 256 g/mol. The second-order valence-electron chi connectivity index (χ2n) is 3.93. The summed E-state index contributed by atoms with van der Waals surface area (Å²) >= 11 is 0. The van der Waals surface area contributed by atoms with Crippen molar-refractivity contribution < 1.29 is 13.2 Å². The van der Waals surface area contributed by atoms with E-state index in [1.165, 1.54) is 0 Å². The van der Waals surface area contributed by atoms with Crippen molar-refractivity contribution in [2.45, 2.75) is 13.3 Å². The van der Waals surface area contributed by atoms with Gasteiger partial charge in [0.2, 0.25) is 15.9 Å². The molecule has 0 saturated heterocycles. The first-order valence-corrected chi connectivity index (χ1v) is 7.11. The first kappa shape index (κ1) is 12.8. The Balaban J connectivity index is 2.01. The summed E-state index contributed by atoms with van der Waals surface area (Å²) in [6.45, 7) is 2.11. The van der Waals surface area contributed by atoms with Crippen LogP contribution in [0.15, 0.2) is 18.5 Å². The Morgan fingerprint density at radius 3 is 3.00 bits per heavy atom.